The van der Waals surface area contributed by atoms with Crippen LogP contribution in [-0.2, 0) is 9.59 Å². The first-order valence-electron chi connectivity index (χ1n) is 9.69. The summed E-state index contributed by atoms with van der Waals surface area (Å²) >= 11 is 0. The molecule has 5 heteroatoms. The molecule has 0 radical (unpaired) electrons. The van der Waals surface area contributed by atoms with Gasteiger partial charge in [-0.3, -0.25) is 9.59 Å². The molecule has 27 heavy (non-hydrogen) atoms. The lowest BCUT2D eigenvalue weighted by atomic mass is 9.91. The minimum absolute atomic E-state index is 0.109. The molecule has 0 unspecified atom stereocenters. The second-order valence-electron chi connectivity index (χ2n) is 6.84. The van der Waals surface area contributed by atoms with Crippen molar-refractivity contribution in [1.29, 1.82) is 0 Å². The summed E-state index contributed by atoms with van der Waals surface area (Å²) < 4.78 is 0. The second kappa shape index (κ2) is 13.2. The van der Waals surface area contributed by atoms with Crippen LogP contribution in [0.2, 0.25) is 0 Å². The molecule has 0 bridgehead atoms. The van der Waals surface area contributed by atoms with Crippen LogP contribution < -0.4 is 0 Å². The van der Waals surface area contributed by atoms with Gasteiger partial charge >= 0.3 is 5.97 Å². The average molecular weight is 376 g/mol. The van der Waals surface area contributed by atoms with Crippen LogP contribution in [-0.4, -0.2) is 39.3 Å². The van der Waals surface area contributed by atoms with Gasteiger partial charge in [-0.05, 0) is 32.1 Å². The number of Topliss-reactive ketones (excluding diaryl/α,β-unsaturated/α-hetero) is 1. The number of hydrogen-bond donors (Lipinski definition) is 3. The molecule has 1 aliphatic carbocycles. The summed E-state index contributed by atoms with van der Waals surface area (Å²) in [5.74, 6) is -0.997. The summed E-state index contributed by atoms with van der Waals surface area (Å²) in [6, 6.07) is 0. The van der Waals surface area contributed by atoms with Gasteiger partial charge in [-0.25, -0.2) is 0 Å². The Balaban J connectivity index is 2.22. The zero-order valence-corrected chi connectivity index (χ0v) is 16.0. The Kier molecular flexibility index (Phi) is 11.3. The number of aliphatic carboxylic acids is 1. The minimum Gasteiger partial charge on any atom is -0.481 e. The van der Waals surface area contributed by atoms with Gasteiger partial charge < -0.3 is 15.3 Å². The number of aliphatic hydroxyl groups excluding tert-OH is 2. The van der Waals surface area contributed by atoms with E-state index in [0.29, 0.717) is 19.3 Å². The van der Waals surface area contributed by atoms with Crippen LogP contribution in [0.3, 0.4) is 0 Å². The average Bonchev–Trinajstić information content (AvgIpc) is 2.90. The molecule has 5 nitrogen and oxygen atoms in total. The first-order valence-corrected chi connectivity index (χ1v) is 9.69. The number of allylic oxidation sites excluding steroid dienone is 5. The monoisotopic (exact) mass is 376 g/mol. The van der Waals surface area contributed by atoms with Crippen molar-refractivity contribution >= 4 is 11.8 Å². The molecule has 0 aliphatic heterocycles. The lowest BCUT2D eigenvalue weighted by molar-refractivity contribution is -0.136. The number of hydrogen-bond acceptors (Lipinski definition) is 4. The maximum atomic E-state index is 11.8. The van der Waals surface area contributed by atoms with Crippen LogP contribution in [0.5, 0.6) is 0 Å². The largest absolute Gasteiger partial charge is 0.481 e. The lowest BCUT2D eigenvalue weighted by Gasteiger charge is -2.16. The van der Waals surface area contributed by atoms with Crippen LogP contribution in [0.1, 0.15) is 51.9 Å². The summed E-state index contributed by atoms with van der Waals surface area (Å²) in [6.45, 7) is 1.94. The first kappa shape index (κ1) is 23.1. The fraction of sp³-hybridized carbons (Fsp3) is 0.545. The van der Waals surface area contributed by atoms with Crippen LogP contribution in [0, 0.1) is 11.8 Å². The highest BCUT2D eigenvalue weighted by molar-refractivity contribution is 5.84. The SMILES string of the molecule is CC[C@H]1C(=O)C[C@@H](O)[C@H]1/C=C/[C@H](O)C/C=C\C/C=C\C/C=C\CCC(=O)O. The van der Waals surface area contributed by atoms with E-state index in [4.69, 9.17) is 5.11 Å². The Morgan fingerprint density at radius 1 is 1.15 bits per heavy atom. The Hall–Kier alpha value is -1.98. The van der Waals surface area contributed by atoms with Crippen molar-refractivity contribution in [1.82, 2.24) is 0 Å². The zero-order valence-electron chi connectivity index (χ0n) is 16.0. The Labute approximate surface area is 161 Å². The van der Waals surface area contributed by atoms with Crippen LogP contribution in [0.4, 0.5) is 0 Å². The van der Waals surface area contributed by atoms with Crippen molar-refractivity contribution in [3.8, 4) is 0 Å². The molecule has 0 amide bonds. The van der Waals surface area contributed by atoms with Crippen molar-refractivity contribution < 1.29 is 24.9 Å². The van der Waals surface area contributed by atoms with Crippen molar-refractivity contribution in [3.63, 3.8) is 0 Å². The molecular weight excluding hydrogens is 344 g/mol. The van der Waals surface area contributed by atoms with Gasteiger partial charge in [-0.1, -0.05) is 55.5 Å². The number of rotatable bonds is 12. The standard InChI is InChI=1S/C22H32O5/c1-2-18-19(21(25)16-20(18)24)15-14-17(23)12-10-8-6-4-3-5-7-9-11-13-22(26)27/h3-4,7-10,14-15,17-19,21,23,25H,2,5-6,11-13,16H2,1H3,(H,26,27)/b4-3-,9-7-,10-8-,15-14+/t17-,18-,19+,21-/m1/s1. The molecular formula is C22H32O5. The molecule has 0 spiro atoms. The maximum absolute atomic E-state index is 11.8. The third-order valence-corrected chi connectivity index (χ3v) is 4.67. The third-order valence-electron chi connectivity index (χ3n) is 4.67. The fourth-order valence-corrected chi connectivity index (χ4v) is 3.18. The molecule has 1 saturated carbocycles. The van der Waals surface area contributed by atoms with Crippen LogP contribution in [0.15, 0.2) is 48.6 Å². The maximum Gasteiger partial charge on any atom is 0.303 e. The van der Waals surface area contributed by atoms with E-state index in [-0.39, 0.29) is 30.5 Å². The van der Waals surface area contributed by atoms with Gasteiger partial charge in [0.1, 0.15) is 5.78 Å². The third kappa shape index (κ3) is 9.50. The van der Waals surface area contributed by atoms with Crippen LogP contribution >= 0.6 is 0 Å². The zero-order chi connectivity index (χ0) is 20.1. The molecule has 1 rings (SSSR count). The van der Waals surface area contributed by atoms with Crippen molar-refractivity contribution in [2.24, 2.45) is 11.8 Å². The highest BCUT2D eigenvalue weighted by Gasteiger charge is 2.38. The molecule has 0 saturated heterocycles. The number of aliphatic hydroxyl groups is 2. The van der Waals surface area contributed by atoms with E-state index in [1.165, 1.54) is 0 Å². The predicted octanol–water partition coefficient (Wildman–Crippen LogP) is 3.58. The summed E-state index contributed by atoms with van der Waals surface area (Å²) in [5, 5.41) is 28.5. The molecule has 4 atom stereocenters. The van der Waals surface area contributed by atoms with Crippen molar-refractivity contribution in [2.45, 2.75) is 64.1 Å². The molecule has 150 valence electrons. The van der Waals surface area contributed by atoms with Gasteiger partial charge in [0.25, 0.3) is 0 Å². The topological polar surface area (TPSA) is 94.8 Å². The molecule has 3 N–H and O–H groups in total. The number of carboxylic acid groups (broad SMARTS) is 1. The molecule has 1 fully saturated rings. The first-order chi connectivity index (χ1) is 13.0. The van der Waals surface area contributed by atoms with E-state index in [1.54, 1.807) is 12.2 Å². The van der Waals surface area contributed by atoms with Gasteiger partial charge in [0.15, 0.2) is 0 Å². The predicted molar refractivity (Wildman–Crippen MR) is 106 cm³/mol. The van der Waals surface area contributed by atoms with Crippen LogP contribution in [0.25, 0.3) is 0 Å². The van der Waals surface area contributed by atoms with E-state index in [0.717, 1.165) is 12.8 Å². The molecule has 0 aromatic carbocycles. The summed E-state index contributed by atoms with van der Waals surface area (Å²) in [5.41, 5.74) is 0. The van der Waals surface area contributed by atoms with Gasteiger partial charge in [-0.2, -0.15) is 0 Å². The van der Waals surface area contributed by atoms with E-state index < -0.39 is 18.2 Å². The smallest absolute Gasteiger partial charge is 0.303 e. The minimum atomic E-state index is -0.782. The molecule has 0 heterocycles. The Morgan fingerprint density at radius 3 is 2.41 bits per heavy atom. The highest BCUT2D eigenvalue weighted by Crippen LogP contribution is 2.32. The molecule has 0 aromatic heterocycles. The number of carboxylic acids is 1. The summed E-state index contributed by atoms with van der Waals surface area (Å²) in [6.07, 6.45) is 17.6. The van der Waals surface area contributed by atoms with Crippen molar-refractivity contribution in [3.05, 3.63) is 48.6 Å². The molecule has 0 aromatic rings. The number of carbonyl (C=O) groups excluding carboxylic acids is 1. The molecule has 1 aliphatic rings. The number of carbonyl (C=O) groups is 2. The van der Waals surface area contributed by atoms with Gasteiger partial charge in [0.05, 0.1) is 12.2 Å². The van der Waals surface area contributed by atoms with E-state index >= 15 is 0 Å². The lowest BCUT2D eigenvalue weighted by Crippen LogP contribution is -2.18. The normalized spacial score (nSPS) is 24.9. The van der Waals surface area contributed by atoms with Gasteiger partial charge in [0.2, 0.25) is 0 Å². The summed E-state index contributed by atoms with van der Waals surface area (Å²) in [7, 11) is 0. The van der Waals surface area contributed by atoms with E-state index in [2.05, 4.69) is 0 Å². The quantitative estimate of drug-likeness (QED) is 0.453. The number of ketones is 1. The fourth-order valence-electron chi connectivity index (χ4n) is 3.18. The van der Waals surface area contributed by atoms with Crippen molar-refractivity contribution in [2.75, 3.05) is 0 Å². The second-order valence-corrected chi connectivity index (χ2v) is 6.84. The van der Waals surface area contributed by atoms with Gasteiger partial charge in [-0.15, -0.1) is 0 Å². The van der Waals surface area contributed by atoms with E-state index in [9.17, 15) is 19.8 Å². The highest BCUT2D eigenvalue weighted by atomic mass is 16.4. The Morgan fingerprint density at radius 2 is 1.78 bits per heavy atom. The Bertz CT molecular complexity index is 573. The van der Waals surface area contributed by atoms with E-state index in [1.807, 2.05) is 43.4 Å². The van der Waals surface area contributed by atoms with Gasteiger partial charge in [0, 0.05) is 24.7 Å². The summed E-state index contributed by atoms with van der Waals surface area (Å²) in [4.78, 5) is 22.1.